The lowest BCUT2D eigenvalue weighted by Crippen LogP contribution is -2.80. The largest absolute Gasteiger partial charge is 0.508 e. The van der Waals surface area contributed by atoms with E-state index in [4.69, 9.17) is 0 Å². The fraction of sp³-hybridized carbons (Fsp3) is 0.567. The molecule has 9 N–H and O–H groups in total. The summed E-state index contributed by atoms with van der Waals surface area (Å²) in [5, 5.41) is 99.6. The van der Waals surface area contributed by atoms with E-state index in [1.807, 2.05) is 13.8 Å². The van der Waals surface area contributed by atoms with Gasteiger partial charge in [0.05, 0.1) is 11.1 Å². The topological polar surface area (TPSA) is 233 Å². The molecule has 0 aromatic heterocycles. The number of aliphatic hydroxyl groups excluding tert-OH is 4. The molecule has 2 saturated carbocycles. The first-order chi connectivity index (χ1) is 19.5. The molecule has 0 spiro atoms. The summed E-state index contributed by atoms with van der Waals surface area (Å²) in [6.07, 6.45) is 0.765. The minimum atomic E-state index is -3.71. The lowest BCUT2D eigenvalue weighted by Gasteiger charge is -2.57. The molecule has 42 heavy (non-hydrogen) atoms. The van der Waals surface area contributed by atoms with E-state index in [1.165, 1.54) is 37.8 Å². The monoisotopic (exact) mass is 588 g/mol. The Labute approximate surface area is 240 Å². The first-order valence-electron chi connectivity index (χ1n) is 14.0. The number of aliphatic hydroxyl groups is 7. The van der Waals surface area contributed by atoms with Crippen molar-refractivity contribution in [1.29, 1.82) is 0 Å². The second kappa shape index (κ2) is 9.61. The summed E-state index contributed by atoms with van der Waals surface area (Å²) in [7, 11) is 0. The van der Waals surface area contributed by atoms with Gasteiger partial charge in [-0.2, -0.15) is 0 Å². The number of carbonyl (C=O) groups excluding carboxylic acids is 2. The van der Waals surface area contributed by atoms with Gasteiger partial charge in [0.2, 0.25) is 11.4 Å². The molecule has 0 bridgehead atoms. The minimum absolute atomic E-state index is 0.323. The Balaban J connectivity index is 1.65. The molecule has 0 radical (unpaired) electrons. The van der Waals surface area contributed by atoms with Gasteiger partial charge in [0, 0.05) is 12.0 Å². The van der Waals surface area contributed by atoms with E-state index in [1.54, 1.807) is 0 Å². The van der Waals surface area contributed by atoms with Crippen molar-refractivity contribution < 1.29 is 60.3 Å². The number of rotatable bonds is 6. The molecule has 228 valence electrons. The lowest BCUT2D eigenvalue weighted by molar-refractivity contribution is -0.263. The Morgan fingerprint density at radius 3 is 2.24 bits per heavy atom. The Morgan fingerprint density at radius 2 is 1.64 bits per heavy atom. The SMILES string of the molecule is CC(C)(CCCC1CCCC1)c1ccc2c(c1O)C(O)=C1C(=O)[C@@]3(O)C(O)=C(C(=O)O)C(=O)C[C@@]3(O)[C@H](O)[C@@]1(O)[C@@H]2O. The third-order valence-corrected chi connectivity index (χ3v) is 9.97. The Morgan fingerprint density at radius 1 is 1.02 bits per heavy atom. The van der Waals surface area contributed by atoms with Gasteiger partial charge in [0.25, 0.3) is 0 Å². The number of ketones is 2. The van der Waals surface area contributed by atoms with Crippen LogP contribution >= 0.6 is 0 Å². The highest BCUT2D eigenvalue weighted by atomic mass is 16.4. The van der Waals surface area contributed by atoms with Gasteiger partial charge in [-0.15, -0.1) is 0 Å². The molecular formula is C30H36O12. The zero-order valence-corrected chi connectivity index (χ0v) is 23.3. The minimum Gasteiger partial charge on any atom is -0.508 e. The Kier molecular flexibility index (Phi) is 6.91. The summed E-state index contributed by atoms with van der Waals surface area (Å²) in [6, 6.07) is 2.77. The van der Waals surface area contributed by atoms with Crippen LogP contribution in [-0.2, 0) is 19.8 Å². The van der Waals surface area contributed by atoms with Crippen LogP contribution in [-0.4, -0.2) is 86.4 Å². The molecule has 12 heteroatoms. The van der Waals surface area contributed by atoms with Crippen LogP contribution in [0.15, 0.2) is 29.0 Å². The molecule has 0 aliphatic heterocycles. The summed E-state index contributed by atoms with van der Waals surface area (Å²) in [4.78, 5) is 37.9. The van der Waals surface area contributed by atoms with Crippen LogP contribution in [0.3, 0.4) is 0 Å². The van der Waals surface area contributed by atoms with Crippen molar-refractivity contribution in [3.63, 3.8) is 0 Å². The van der Waals surface area contributed by atoms with E-state index in [0.717, 1.165) is 12.8 Å². The number of carboxylic acid groups (broad SMARTS) is 1. The van der Waals surface area contributed by atoms with E-state index in [9.17, 15) is 60.3 Å². The quantitative estimate of drug-likeness (QED) is 0.214. The number of carboxylic acids is 1. The van der Waals surface area contributed by atoms with Crippen LogP contribution < -0.4 is 0 Å². The molecule has 5 atom stereocenters. The number of fused-ring (bicyclic) bond motifs is 3. The first kappa shape index (κ1) is 30.2. The predicted octanol–water partition coefficient (Wildman–Crippen LogP) is 1.35. The van der Waals surface area contributed by atoms with Crippen molar-refractivity contribution in [2.75, 3.05) is 0 Å². The van der Waals surface area contributed by atoms with Crippen molar-refractivity contribution in [2.24, 2.45) is 5.92 Å². The Hall–Kier alpha value is -3.29. The van der Waals surface area contributed by atoms with Crippen molar-refractivity contribution in [1.82, 2.24) is 0 Å². The number of aromatic hydroxyl groups is 1. The number of carbonyl (C=O) groups is 3. The van der Waals surface area contributed by atoms with Gasteiger partial charge in [0.1, 0.15) is 34.9 Å². The van der Waals surface area contributed by atoms with E-state index >= 15 is 0 Å². The molecule has 1 aromatic rings. The zero-order valence-electron chi connectivity index (χ0n) is 23.3. The Bertz CT molecular complexity index is 1450. The lowest BCUT2D eigenvalue weighted by atomic mass is 9.52. The number of benzene rings is 1. The fourth-order valence-electron chi connectivity index (χ4n) is 7.50. The van der Waals surface area contributed by atoms with E-state index in [2.05, 4.69) is 0 Å². The van der Waals surface area contributed by atoms with Crippen molar-refractivity contribution in [2.45, 2.75) is 99.6 Å². The second-order valence-corrected chi connectivity index (χ2v) is 12.8. The first-order valence-corrected chi connectivity index (χ1v) is 14.0. The summed E-state index contributed by atoms with van der Waals surface area (Å²) in [5.74, 6) is -8.24. The van der Waals surface area contributed by atoms with E-state index in [-0.39, 0.29) is 5.56 Å². The number of hydrogen-bond donors (Lipinski definition) is 9. The van der Waals surface area contributed by atoms with Crippen molar-refractivity contribution >= 4 is 23.3 Å². The van der Waals surface area contributed by atoms with Gasteiger partial charge in [-0.3, -0.25) is 9.59 Å². The van der Waals surface area contributed by atoms with Gasteiger partial charge >= 0.3 is 5.97 Å². The van der Waals surface area contributed by atoms with Crippen molar-refractivity contribution in [3.8, 4) is 5.75 Å². The maximum Gasteiger partial charge on any atom is 0.342 e. The number of hydrogen-bond acceptors (Lipinski definition) is 11. The third kappa shape index (κ3) is 3.75. The van der Waals surface area contributed by atoms with Crippen LogP contribution in [0.1, 0.15) is 88.0 Å². The van der Waals surface area contributed by atoms with Crippen LogP contribution in [0.5, 0.6) is 5.75 Å². The molecular weight excluding hydrogens is 552 g/mol. The van der Waals surface area contributed by atoms with Crippen LogP contribution in [0.25, 0.3) is 5.76 Å². The standard InChI is InChI=1S/C30H36O12/c1-27(2,11-5-8-13-6-3-4-7-13)15-10-9-14-17(20(15)32)21(33)19-24(36)30(42)23(35)18(25(37)38)16(31)12-28(30,40)26(39)29(19,41)22(14)34/h9-10,13,22,26,32-35,39-42H,3-8,11-12H2,1-2H3,(H,37,38)/t22-,26+,28-,29+,30+/m1/s1. The average molecular weight is 589 g/mol. The van der Waals surface area contributed by atoms with Crippen LogP contribution in [0.2, 0.25) is 0 Å². The number of phenols is 1. The van der Waals surface area contributed by atoms with Gasteiger partial charge in [-0.05, 0) is 23.3 Å². The van der Waals surface area contributed by atoms with Gasteiger partial charge in [-0.25, -0.2) is 4.79 Å². The highest BCUT2D eigenvalue weighted by molar-refractivity contribution is 6.22. The molecule has 2 fully saturated rings. The van der Waals surface area contributed by atoms with Crippen LogP contribution in [0.4, 0.5) is 0 Å². The number of Topliss-reactive ketones (excluding diaryl/α,β-unsaturated/α-hetero) is 2. The maximum absolute atomic E-state index is 13.8. The highest BCUT2D eigenvalue weighted by Gasteiger charge is 2.77. The molecule has 4 aliphatic carbocycles. The maximum atomic E-state index is 13.8. The number of phenolic OH excluding ortho intramolecular Hbond substituents is 1. The smallest absolute Gasteiger partial charge is 0.342 e. The van der Waals surface area contributed by atoms with Crippen molar-refractivity contribution in [3.05, 3.63) is 45.7 Å². The third-order valence-electron chi connectivity index (χ3n) is 9.97. The van der Waals surface area contributed by atoms with E-state index in [0.29, 0.717) is 17.9 Å². The molecule has 0 unspecified atom stereocenters. The summed E-state index contributed by atoms with van der Waals surface area (Å²) in [5.41, 5.74) is -14.2. The predicted molar refractivity (Wildman–Crippen MR) is 144 cm³/mol. The molecule has 0 amide bonds. The fourth-order valence-corrected chi connectivity index (χ4v) is 7.50. The zero-order chi connectivity index (χ0) is 31.2. The molecule has 0 heterocycles. The second-order valence-electron chi connectivity index (χ2n) is 12.8. The molecule has 1 aromatic carbocycles. The summed E-state index contributed by atoms with van der Waals surface area (Å²) < 4.78 is 0. The molecule has 4 aliphatic rings. The number of aliphatic carboxylic acids is 1. The summed E-state index contributed by atoms with van der Waals surface area (Å²) >= 11 is 0. The van der Waals surface area contributed by atoms with Crippen LogP contribution in [0, 0.1) is 5.92 Å². The molecule has 12 nitrogen and oxygen atoms in total. The summed E-state index contributed by atoms with van der Waals surface area (Å²) in [6.45, 7) is 3.74. The van der Waals surface area contributed by atoms with Gasteiger partial charge in [0.15, 0.2) is 17.1 Å². The van der Waals surface area contributed by atoms with Gasteiger partial charge in [-0.1, -0.05) is 64.5 Å². The highest BCUT2D eigenvalue weighted by Crippen LogP contribution is 2.59. The molecule has 5 rings (SSSR count). The average Bonchev–Trinajstić information content (AvgIpc) is 3.42. The normalized spacial score (nSPS) is 33.5. The van der Waals surface area contributed by atoms with Gasteiger partial charge < -0.3 is 46.0 Å². The molecule has 0 saturated heterocycles. The van der Waals surface area contributed by atoms with E-state index < -0.39 is 92.4 Å².